The number of aryl methyl sites for hydroxylation is 2. The molecule has 0 saturated heterocycles. The second kappa shape index (κ2) is 18.1. The van der Waals surface area contributed by atoms with Gasteiger partial charge < -0.3 is 20.1 Å². The number of carbonyl (C=O) groups is 4. The average molecular weight is 605 g/mol. The molecule has 0 aliphatic carbocycles. The van der Waals surface area contributed by atoms with Crippen molar-refractivity contribution >= 4 is 47.3 Å². The summed E-state index contributed by atoms with van der Waals surface area (Å²) in [6.45, 7) is 9.31. The van der Waals surface area contributed by atoms with Gasteiger partial charge in [-0.1, -0.05) is 33.8 Å². The number of allylic oxidation sites excluding steroid dienone is 1. The normalized spacial score (nSPS) is 11.6. The molecule has 10 nitrogen and oxygen atoms in total. The maximum atomic E-state index is 12.4. The molecule has 41 heavy (non-hydrogen) atoms. The molecular formula is C29H40N4O6S2. The fourth-order valence-electron chi connectivity index (χ4n) is 3.39. The fourth-order valence-corrected chi connectivity index (χ4v) is 4.46. The van der Waals surface area contributed by atoms with Crippen molar-refractivity contribution < 1.29 is 28.7 Å². The average Bonchev–Trinajstić information content (AvgIpc) is 3.00. The van der Waals surface area contributed by atoms with Gasteiger partial charge in [0, 0.05) is 21.2 Å². The highest BCUT2D eigenvalue weighted by molar-refractivity contribution is 7.98. The van der Waals surface area contributed by atoms with Crippen molar-refractivity contribution in [1.82, 2.24) is 20.6 Å². The molecule has 0 aliphatic heterocycles. The molecule has 12 heteroatoms. The van der Waals surface area contributed by atoms with E-state index in [9.17, 15) is 19.2 Å². The van der Waals surface area contributed by atoms with Crippen LogP contribution in [-0.4, -0.2) is 66.5 Å². The standard InChI is InChI=1S/C15H22N2O3S.C14H18N2O3S/c1-6-10-7-8-11(21-5)13(16-10)14(18)17-12(9(2)3)15(19)20-4;1-5-9-7-8-11(20-4)12(15-9)13(17)16-10(6-2)14(18)19-3/h7-9,12H,6H2,1-5H3,(H,17,18);6-8H,5H2,1-4H3,(H,16,17)/b;10-6+. The van der Waals surface area contributed by atoms with E-state index in [-0.39, 0.29) is 17.5 Å². The molecule has 2 N–H and O–H groups in total. The topological polar surface area (TPSA) is 137 Å². The zero-order chi connectivity index (χ0) is 31.1. The number of hydrogen-bond acceptors (Lipinski definition) is 10. The second-order valence-electron chi connectivity index (χ2n) is 8.78. The second-order valence-corrected chi connectivity index (χ2v) is 10.5. The minimum Gasteiger partial charge on any atom is -0.467 e. The van der Waals surface area contributed by atoms with Crippen LogP contribution in [0.3, 0.4) is 0 Å². The lowest BCUT2D eigenvalue weighted by Crippen LogP contribution is -2.45. The first-order valence-corrected chi connectivity index (χ1v) is 15.5. The third-order valence-corrected chi connectivity index (χ3v) is 7.32. The number of amides is 2. The Labute approximate surface area is 250 Å². The van der Waals surface area contributed by atoms with Crippen LogP contribution >= 0.6 is 23.5 Å². The van der Waals surface area contributed by atoms with E-state index in [0.29, 0.717) is 11.4 Å². The molecular weight excluding hydrogens is 564 g/mol. The number of methoxy groups -OCH3 is 2. The Morgan fingerprint density at radius 2 is 1.34 bits per heavy atom. The molecule has 1 unspecified atom stereocenters. The fraction of sp³-hybridized carbons (Fsp3) is 0.448. The first-order valence-electron chi connectivity index (χ1n) is 13.0. The lowest BCUT2D eigenvalue weighted by Gasteiger charge is -2.20. The quantitative estimate of drug-likeness (QED) is 0.215. The van der Waals surface area contributed by atoms with Crippen molar-refractivity contribution in [2.24, 2.45) is 5.92 Å². The zero-order valence-corrected chi connectivity index (χ0v) is 26.7. The lowest BCUT2D eigenvalue weighted by atomic mass is 10.0. The van der Waals surface area contributed by atoms with Crippen molar-refractivity contribution in [3.8, 4) is 0 Å². The Bertz CT molecular complexity index is 1250. The van der Waals surface area contributed by atoms with E-state index < -0.39 is 23.9 Å². The summed E-state index contributed by atoms with van der Waals surface area (Å²) < 4.78 is 9.33. The van der Waals surface area contributed by atoms with Gasteiger partial charge in [-0.2, -0.15) is 0 Å². The van der Waals surface area contributed by atoms with Gasteiger partial charge in [0.25, 0.3) is 11.8 Å². The minimum absolute atomic E-state index is 0.0616. The number of carbonyl (C=O) groups excluding carboxylic acids is 4. The number of nitrogens with zero attached hydrogens (tertiary/aromatic N) is 2. The lowest BCUT2D eigenvalue weighted by molar-refractivity contribution is -0.144. The highest BCUT2D eigenvalue weighted by Gasteiger charge is 2.27. The van der Waals surface area contributed by atoms with Crippen LogP contribution in [0.1, 0.15) is 67.0 Å². The first kappa shape index (κ1) is 35.6. The van der Waals surface area contributed by atoms with Crippen LogP contribution in [0.4, 0.5) is 0 Å². The molecule has 2 amide bonds. The number of esters is 2. The molecule has 0 spiro atoms. The number of thioether (sulfide) groups is 2. The van der Waals surface area contributed by atoms with Crippen LogP contribution in [0, 0.1) is 5.92 Å². The molecule has 2 aromatic heterocycles. The van der Waals surface area contributed by atoms with E-state index in [1.165, 1.54) is 43.8 Å². The van der Waals surface area contributed by atoms with Crippen molar-refractivity contribution in [3.05, 3.63) is 58.8 Å². The van der Waals surface area contributed by atoms with Gasteiger partial charge in [0.1, 0.15) is 23.1 Å². The van der Waals surface area contributed by atoms with Gasteiger partial charge in [-0.25, -0.2) is 19.6 Å². The molecule has 0 fully saturated rings. The molecule has 2 aromatic rings. The van der Waals surface area contributed by atoms with Gasteiger partial charge >= 0.3 is 11.9 Å². The van der Waals surface area contributed by atoms with Crippen LogP contribution in [-0.2, 0) is 31.9 Å². The number of rotatable bonds is 11. The minimum atomic E-state index is -0.677. The van der Waals surface area contributed by atoms with Crippen LogP contribution in [0.25, 0.3) is 0 Å². The monoisotopic (exact) mass is 604 g/mol. The molecule has 0 saturated carbocycles. The largest absolute Gasteiger partial charge is 0.467 e. The molecule has 224 valence electrons. The summed E-state index contributed by atoms with van der Waals surface area (Å²) in [7, 11) is 2.58. The van der Waals surface area contributed by atoms with E-state index in [2.05, 4.69) is 25.3 Å². The van der Waals surface area contributed by atoms with Crippen LogP contribution in [0.5, 0.6) is 0 Å². The maximum Gasteiger partial charge on any atom is 0.354 e. The van der Waals surface area contributed by atoms with Crippen molar-refractivity contribution in [1.29, 1.82) is 0 Å². The summed E-state index contributed by atoms with van der Waals surface area (Å²) >= 11 is 2.89. The van der Waals surface area contributed by atoms with Crippen LogP contribution in [0.2, 0.25) is 0 Å². The molecule has 0 bridgehead atoms. The Hall–Kier alpha value is -3.38. The highest BCUT2D eigenvalue weighted by atomic mass is 32.2. The summed E-state index contributed by atoms with van der Waals surface area (Å²) in [6.07, 6.45) is 6.74. The van der Waals surface area contributed by atoms with Crippen molar-refractivity contribution in [3.63, 3.8) is 0 Å². The predicted molar refractivity (Wildman–Crippen MR) is 162 cm³/mol. The van der Waals surface area contributed by atoms with Crippen molar-refractivity contribution in [2.45, 2.75) is 63.3 Å². The van der Waals surface area contributed by atoms with E-state index >= 15 is 0 Å². The van der Waals surface area contributed by atoms with E-state index in [1.54, 1.807) is 6.92 Å². The smallest absolute Gasteiger partial charge is 0.354 e. The van der Waals surface area contributed by atoms with Gasteiger partial charge in [-0.3, -0.25) is 9.59 Å². The molecule has 0 radical (unpaired) electrons. The Kier molecular flexibility index (Phi) is 15.8. The third-order valence-electron chi connectivity index (χ3n) is 5.78. The third kappa shape index (κ3) is 10.5. The molecule has 2 heterocycles. The Morgan fingerprint density at radius 3 is 1.71 bits per heavy atom. The van der Waals surface area contributed by atoms with Gasteiger partial charge in [-0.15, -0.1) is 23.5 Å². The Morgan fingerprint density at radius 1 is 0.854 bits per heavy atom. The van der Waals surface area contributed by atoms with Crippen LogP contribution in [0.15, 0.2) is 45.8 Å². The number of nitrogens with one attached hydrogen (secondary N) is 2. The van der Waals surface area contributed by atoms with Crippen LogP contribution < -0.4 is 10.6 Å². The number of ether oxygens (including phenoxy) is 2. The molecule has 1 atom stereocenters. The molecule has 0 aliphatic rings. The summed E-state index contributed by atoms with van der Waals surface area (Å²) in [5.41, 5.74) is 2.45. The summed E-state index contributed by atoms with van der Waals surface area (Å²) in [5, 5.41) is 5.25. The first-order chi connectivity index (χ1) is 19.5. The van der Waals surface area contributed by atoms with Gasteiger partial charge in [0.05, 0.1) is 14.2 Å². The summed E-state index contributed by atoms with van der Waals surface area (Å²) in [6, 6.07) is 6.86. The SMILES string of the molecule is C/C=C(/NC(=O)c1nc(CC)ccc1SC)C(=O)OC.CCc1ccc(SC)c(C(=O)NC(C(=O)OC)C(C)C)n1. The van der Waals surface area contributed by atoms with E-state index in [0.717, 1.165) is 34.0 Å². The van der Waals surface area contributed by atoms with Gasteiger partial charge in [0.15, 0.2) is 0 Å². The summed E-state index contributed by atoms with van der Waals surface area (Å²) in [5.74, 6) is -1.86. The van der Waals surface area contributed by atoms with E-state index in [4.69, 9.17) is 4.74 Å². The zero-order valence-electron chi connectivity index (χ0n) is 25.1. The van der Waals surface area contributed by atoms with Gasteiger partial charge in [-0.05, 0) is 62.5 Å². The highest BCUT2D eigenvalue weighted by Crippen LogP contribution is 2.21. The molecule has 2 rings (SSSR count). The molecule has 0 aromatic carbocycles. The number of pyridine rings is 2. The number of aromatic nitrogens is 2. The van der Waals surface area contributed by atoms with E-state index in [1.807, 2.05) is 64.5 Å². The number of hydrogen-bond donors (Lipinski definition) is 2. The van der Waals surface area contributed by atoms with Crippen molar-refractivity contribution in [2.75, 3.05) is 26.7 Å². The Balaban J connectivity index is 0.000000410. The summed E-state index contributed by atoms with van der Waals surface area (Å²) in [4.78, 5) is 58.1. The predicted octanol–water partition coefficient (Wildman–Crippen LogP) is 4.47. The van der Waals surface area contributed by atoms with Gasteiger partial charge in [0.2, 0.25) is 0 Å². The maximum absolute atomic E-state index is 12.4.